The third kappa shape index (κ3) is 5.43. The van der Waals surface area contributed by atoms with Gasteiger partial charge in [-0.05, 0) is 38.2 Å². The predicted molar refractivity (Wildman–Crippen MR) is 104 cm³/mol. The first kappa shape index (κ1) is 20.1. The molecule has 1 aromatic rings. The Balaban J connectivity index is 1.54. The number of para-hydroxylation sites is 1. The molecule has 1 saturated carbocycles. The summed E-state index contributed by atoms with van der Waals surface area (Å²) in [6.07, 6.45) is 4.81. The quantitative estimate of drug-likeness (QED) is 0.764. The molecule has 1 saturated heterocycles. The van der Waals surface area contributed by atoms with Gasteiger partial charge in [-0.3, -0.25) is 4.79 Å². The van der Waals surface area contributed by atoms with Gasteiger partial charge in [0.05, 0.1) is 13.2 Å². The highest BCUT2D eigenvalue weighted by Gasteiger charge is 2.35. The summed E-state index contributed by atoms with van der Waals surface area (Å²) < 4.78 is 16.5. The fourth-order valence-corrected chi connectivity index (χ4v) is 4.18. The molecule has 2 N–H and O–H groups in total. The molecule has 2 aliphatic rings. The van der Waals surface area contributed by atoms with Crippen LogP contribution in [0.1, 0.15) is 37.7 Å². The van der Waals surface area contributed by atoms with Crippen molar-refractivity contribution >= 4 is 5.91 Å². The molecule has 1 amide bonds. The van der Waals surface area contributed by atoms with Gasteiger partial charge in [0.25, 0.3) is 0 Å². The Bertz CT molecular complexity index is 604. The molecule has 0 bridgehead atoms. The van der Waals surface area contributed by atoms with Crippen molar-refractivity contribution in [2.24, 2.45) is 5.92 Å². The number of carbonyl (C=O) groups is 1. The van der Waals surface area contributed by atoms with E-state index >= 15 is 0 Å². The molecule has 0 spiro atoms. The van der Waals surface area contributed by atoms with Crippen molar-refractivity contribution in [3.63, 3.8) is 0 Å². The van der Waals surface area contributed by atoms with Gasteiger partial charge in [0.1, 0.15) is 5.75 Å². The summed E-state index contributed by atoms with van der Waals surface area (Å²) in [4.78, 5) is 12.8. The Morgan fingerprint density at radius 2 is 1.93 bits per heavy atom. The van der Waals surface area contributed by atoms with Crippen LogP contribution in [0.3, 0.4) is 0 Å². The lowest BCUT2D eigenvalue weighted by atomic mass is 9.82. The average Bonchev–Trinajstić information content (AvgIpc) is 2.73. The Morgan fingerprint density at radius 1 is 1.15 bits per heavy atom. The second kappa shape index (κ2) is 10.1. The van der Waals surface area contributed by atoms with Crippen molar-refractivity contribution in [2.75, 3.05) is 27.4 Å². The summed E-state index contributed by atoms with van der Waals surface area (Å²) in [6.45, 7) is 2.11. The maximum absolute atomic E-state index is 12.8. The normalized spacial score (nSPS) is 26.5. The van der Waals surface area contributed by atoms with Gasteiger partial charge in [-0.15, -0.1) is 0 Å². The summed E-state index contributed by atoms with van der Waals surface area (Å²) in [5, 5.41) is 6.82. The van der Waals surface area contributed by atoms with E-state index in [0.29, 0.717) is 12.6 Å². The largest absolute Gasteiger partial charge is 0.496 e. The van der Waals surface area contributed by atoms with E-state index in [4.69, 9.17) is 14.2 Å². The van der Waals surface area contributed by atoms with E-state index in [1.807, 2.05) is 24.3 Å². The Morgan fingerprint density at radius 3 is 2.67 bits per heavy atom. The van der Waals surface area contributed by atoms with Crippen LogP contribution in [-0.4, -0.2) is 51.5 Å². The number of nitrogens with one attached hydrogen (secondary N) is 2. The topological polar surface area (TPSA) is 68.8 Å². The van der Waals surface area contributed by atoms with Gasteiger partial charge in [-0.1, -0.05) is 18.2 Å². The van der Waals surface area contributed by atoms with Crippen molar-refractivity contribution in [3.05, 3.63) is 29.8 Å². The molecule has 1 heterocycles. The number of methoxy groups -OCH3 is 2. The molecule has 6 heteroatoms. The summed E-state index contributed by atoms with van der Waals surface area (Å²) in [5.74, 6) is 0.942. The molecule has 6 nitrogen and oxygen atoms in total. The van der Waals surface area contributed by atoms with Crippen molar-refractivity contribution in [1.29, 1.82) is 0 Å². The molecule has 27 heavy (non-hydrogen) atoms. The van der Waals surface area contributed by atoms with Crippen LogP contribution >= 0.6 is 0 Å². The van der Waals surface area contributed by atoms with E-state index < -0.39 is 0 Å². The molecular formula is C21H32N2O4. The molecule has 3 rings (SSSR count). The van der Waals surface area contributed by atoms with Gasteiger partial charge in [0.15, 0.2) is 0 Å². The fourth-order valence-electron chi connectivity index (χ4n) is 4.18. The van der Waals surface area contributed by atoms with Gasteiger partial charge < -0.3 is 24.8 Å². The number of benzene rings is 1. The standard InChI is InChI=1S/C21H32N2O4/c1-25-19-6-4-3-5-16(19)14-22-21(24)15-7-8-20(26-2)18(13-15)23-17-9-11-27-12-10-17/h3-6,15,17-18,20,23H,7-14H2,1-2H3,(H,22,24)/t15-,18+,20+/m0/s1. The van der Waals surface area contributed by atoms with Crippen molar-refractivity contribution in [3.8, 4) is 5.75 Å². The first-order chi connectivity index (χ1) is 13.2. The monoisotopic (exact) mass is 376 g/mol. The summed E-state index contributed by atoms with van der Waals surface area (Å²) in [5.41, 5.74) is 0.996. The van der Waals surface area contributed by atoms with E-state index in [1.165, 1.54) is 0 Å². The molecule has 0 unspecified atom stereocenters. The minimum Gasteiger partial charge on any atom is -0.496 e. The van der Waals surface area contributed by atoms with Crippen LogP contribution < -0.4 is 15.4 Å². The smallest absolute Gasteiger partial charge is 0.223 e. The van der Waals surface area contributed by atoms with E-state index in [0.717, 1.165) is 56.6 Å². The second-order valence-electron chi connectivity index (χ2n) is 7.47. The van der Waals surface area contributed by atoms with Crippen molar-refractivity contribution < 1.29 is 19.0 Å². The first-order valence-corrected chi connectivity index (χ1v) is 9.97. The molecule has 150 valence electrons. The number of amides is 1. The van der Waals surface area contributed by atoms with Crippen molar-refractivity contribution in [1.82, 2.24) is 10.6 Å². The van der Waals surface area contributed by atoms with Crippen LogP contribution in [0.4, 0.5) is 0 Å². The van der Waals surface area contributed by atoms with Gasteiger partial charge in [0, 0.05) is 50.4 Å². The zero-order valence-corrected chi connectivity index (χ0v) is 16.4. The highest BCUT2D eigenvalue weighted by atomic mass is 16.5. The lowest BCUT2D eigenvalue weighted by Crippen LogP contribution is -2.52. The second-order valence-corrected chi connectivity index (χ2v) is 7.47. The maximum Gasteiger partial charge on any atom is 0.223 e. The molecular weight excluding hydrogens is 344 g/mol. The number of rotatable bonds is 7. The molecule has 1 aromatic carbocycles. The zero-order valence-electron chi connectivity index (χ0n) is 16.4. The highest BCUT2D eigenvalue weighted by Crippen LogP contribution is 2.28. The number of ether oxygens (including phenoxy) is 3. The van der Waals surface area contributed by atoms with Crippen LogP contribution in [0, 0.1) is 5.92 Å². The van der Waals surface area contributed by atoms with Gasteiger partial charge in [0.2, 0.25) is 5.91 Å². The highest BCUT2D eigenvalue weighted by molar-refractivity contribution is 5.78. The Labute approximate surface area is 161 Å². The van der Waals surface area contributed by atoms with Crippen LogP contribution in [0.15, 0.2) is 24.3 Å². The number of hydrogen-bond donors (Lipinski definition) is 2. The van der Waals surface area contributed by atoms with Crippen LogP contribution in [0.5, 0.6) is 5.75 Å². The summed E-state index contributed by atoms with van der Waals surface area (Å²) in [6, 6.07) is 8.46. The molecule has 0 radical (unpaired) electrons. The number of carbonyl (C=O) groups excluding carboxylic acids is 1. The summed E-state index contributed by atoms with van der Waals surface area (Å²) >= 11 is 0. The minimum atomic E-state index is 0.0171. The van der Waals surface area contributed by atoms with Gasteiger partial charge in [-0.25, -0.2) is 0 Å². The van der Waals surface area contributed by atoms with Crippen LogP contribution in [0.2, 0.25) is 0 Å². The molecule has 1 aliphatic carbocycles. The van der Waals surface area contributed by atoms with E-state index in [-0.39, 0.29) is 24.0 Å². The Hall–Kier alpha value is -1.63. The maximum atomic E-state index is 12.8. The minimum absolute atomic E-state index is 0.0171. The average molecular weight is 376 g/mol. The predicted octanol–water partition coefficient (Wildman–Crippen LogP) is 2.26. The molecule has 1 aliphatic heterocycles. The molecule has 0 aromatic heterocycles. The van der Waals surface area contributed by atoms with Gasteiger partial charge in [-0.2, -0.15) is 0 Å². The van der Waals surface area contributed by atoms with Crippen molar-refractivity contribution in [2.45, 2.75) is 56.8 Å². The SMILES string of the molecule is COc1ccccc1CNC(=O)[C@H]1CC[C@@H](OC)[C@H](NC2CCOCC2)C1. The Kier molecular flexibility index (Phi) is 7.50. The molecule has 3 atom stereocenters. The third-order valence-electron chi connectivity index (χ3n) is 5.78. The van der Waals surface area contributed by atoms with Crippen LogP contribution in [-0.2, 0) is 20.8 Å². The van der Waals surface area contributed by atoms with E-state index in [2.05, 4.69) is 10.6 Å². The zero-order chi connectivity index (χ0) is 19.1. The van der Waals surface area contributed by atoms with E-state index in [9.17, 15) is 4.79 Å². The fraction of sp³-hybridized carbons (Fsp3) is 0.667. The van der Waals surface area contributed by atoms with E-state index in [1.54, 1.807) is 14.2 Å². The third-order valence-corrected chi connectivity index (χ3v) is 5.78. The summed E-state index contributed by atoms with van der Waals surface area (Å²) in [7, 11) is 3.42. The first-order valence-electron chi connectivity index (χ1n) is 9.97. The van der Waals surface area contributed by atoms with Gasteiger partial charge >= 0.3 is 0 Å². The van der Waals surface area contributed by atoms with Crippen LogP contribution in [0.25, 0.3) is 0 Å². The molecule has 2 fully saturated rings. The lowest BCUT2D eigenvalue weighted by molar-refractivity contribution is -0.127. The number of hydrogen-bond acceptors (Lipinski definition) is 5. The lowest BCUT2D eigenvalue weighted by Gasteiger charge is -2.38.